The maximum atomic E-state index is 10.7. The summed E-state index contributed by atoms with van der Waals surface area (Å²) in [5.41, 5.74) is -0.863. The van der Waals surface area contributed by atoms with Crippen LogP contribution in [0.25, 0.3) is 0 Å². The molecule has 0 amide bonds. The molecule has 0 fully saturated rings. The van der Waals surface area contributed by atoms with Gasteiger partial charge in [0.15, 0.2) is 6.29 Å². The zero-order valence-electron chi connectivity index (χ0n) is 18.6. The minimum absolute atomic E-state index is 0.196. The Hall–Kier alpha value is -0.240. The number of rotatable bonds is 20. The van der Waals surface area contributed by atoms with Crippen molar-refractivity contribution in [3.8, 4) is 0 Å². The van der Waals surface area contributed by atoms with Gasteiger partial charge in [-0.25, -0.2) is 0 Å². The molecule has 0 aliphatic heterocycles. The van der Waals surface area contributed by atoms with Crippen LogP contribution in [-0.2, 0) is 0 Å². The van der Waals surface area contributed by atoms with Gasteiger partial charge in [-0.2, -0.15) is 0 Å². The lowest BCUT2D eigenvalue weighted by molar-refractivity contribution is -0.0891. The van der Waals surface area contributed by atoms with Crippen molar-refractivity contribution < 1.29 is 20.4 Å². The summed E-state index contributed by atoms with van der Waals surface area (Å²) in [6.07, 6.45) is 12.2. The van der Waals surface area contributed by atoms with E-state index in [4.69, 9.17) is 0 Å². The summed E-state index contributed by atoms with van der Waals surface area (Å²) in [5.74, 6) is 0. The first-order chi connectivity index (χ1) is 13.4. The topological polar surface area (TPSA) is 105 Å². The van der Waals surface area contributed by atoms with Crippen molar-refractivity contribution in [2.75, 3.05) is 13.2 Å². The van der Waals surface area contributed by atoms with Crippen LogP contribution >= 0.6 is 0 Å². The van der Waals surface area contributed by atoms with Crippen molar-refractivity contribution in [1.29, 1.82) is 0 Å². The summed E-state index contributed by atoms with van der Waals surface area (Å²) in [7, 11) is 0. The third-order valence-corrected chi connectivity index (χ3v) is 5.66. The fourth-order valence-electron chi connectivity index (χ4n) is 3.50. The van der Waals surface area contributed by atoms with E-state index in [-0.39, 0.29) is 6.61 Å². The van der Waals surface area contributed by atoms with Gasteiger partial charge in [-0.15, -0.1) is 0 Å². The second-order valence-corrected chi connectivity index (χ2v) is 8.30. The van der Waals surface area contributed by atoms with E-state index in [2.05, 4.69) is 24.5 Å². The lowest BCUT2D eigenvalue weighted by Crippen LogP contribution is -2.64. The van der Waals surface area contributed by atoms with Crippen LogP contribution in [0.2, 0.25) is 0 Å². The lowest BCUT2D eigenvalue weighted by atomic mass is 9.89. The molecular formula is C22H48N2O4. The van der Waals surface area contributed by atoms with Crippen molar-refractivity contribution in [1.82, 2.24) is 10.6 Å². The van der Waals surface area contributed by atoms with E-state index >= 15 is 0 Å². The summed E-state index contributed by atoms with van der Waals surface area (Å²) in [4.78, 5) is 0. The molecule has 0 saturated carbocycles. The number of aliphatic hydroxyl groups is 4. The fourth-order valence-corrected chi connectivity index (χ4v) is 3.50. The average Bonchev–Trinajstić information content (AvgIpc) is 2.68. The highest BCUT2D eigenvalue weighted by atomic mass is 16.5. The van der Waals surface area contributed by atoms with Crippen LogP contribution in [0.15, 0.2) is 0 Å². The molecule has 6 heteroatoms. The summed E-state index contributed by atoms with van der Waals surface area (Å²) in [5, 5.41) is 45.6. The Kier molecular flexibility index (Phi) is 17.5. The van der Waals surface area contributed by atoms with Crippen molar-refractivity contribution in [2.45, 2.75) is 128 Å². The molecule has 0 heterocycles. The Bertz CT molecular complexity index is 344. The second kappa shape index (κ2) is 17.6. The van der Waals surface area contributed by atoms with Gasteiger partial charge in [-0.1, -0.05) is 84.5 Å². The van der Waals surface area contributed by atoms with Gasteiger partial charge in [0.2, 0.25) is 0 Å². The molecule has 0 bridgehead atoms. The average molecular weight is 405 g/mol. The monoisotopic (exact) mass is 404 g/mol. The smallest absolute Gasteiger partial charge is 0.166 e. The van der Waals surface area contributed by atoms with Crippen molar-refractivity contribution >= 4 is 0 Å². The molecule has 0 aromatic heterocycles. The minimum atomic E-state index is -1.56. The second-order valence-electron chi connectivity index (χ2n) is 8.30. The molecule has 0 aromatic rings. The van der Waals surface area contributed by atoms with E-state index < -0.39 is 24.1 Å². The molecule has 3 unspecified atom stereocenters. The number of hydrogen-bond donors (Lipinski definition) is 6. The van der Waals surface area contributed by atoms with E-state index in [9.17, 15) is 20.4 Å². The maximum absolute atomic E-state index is 10.7. The van der Waals surface area contributed by atoms with Crippen molar-refractivity contribution in [3.05, 3.63) is 0 Å². The van der Waals surface area contributed by atoms with Crippen LogP contribution in [0, 0.1) is 0 Å². The van der Waals surface area contributed by atoms with E-state index in [1.807, 2.05) is 0 Å². The first-order valence-electron chi connectivity index (χ1n) is 11.6. The molecule has 0 radical (unpaired) electrons. The third kappa shape index (κ3) is 12.3. The van der Waals surface area contributed by atoms with E-state index in [1.165, 1.54) is 38.5 Å². The number of unbranched alkanes of at least 4 members (excludes halogenated alkanes) is 10. The quantitative estimate of drug-likeness (QED) is 0.138. The largest absolute Gasteiger partial charge is 0.394 e. The molecule has 6 N–H and O–H groups in total. The Morgan fingerprint density at radius 1 is 0.750 bits per heavy atom. The normalized spacial score (nSPS) is 16.3. The highest BCUT2D eigenvalue weighted by molar-refractivity contribution is 4.94. The van der Waals surface area contributed by atoms with Crippen molar-refractivity contribution in [2.24, 2.45) is 0 Å². The van der Waals surface area contributed by atoms with Crippen LogP contribution in [0.1, 0.15) is 104 Å². The predicted molar refractivity (Wildman–Crippen MR) is 116 cm³/mol. The number of nitrogens with one attached hydrogen (secondary N) is 2. The molecule has 0 rings (SSSR count). The SMILES string of the molecule is CCCCCCCCCCNC(CO)(CCCCCC)C(O)NC(C)C(O)O. The highest BCUT2D eigenvalue weighted by Crippen LogP contribution is 2.20. The predicted octanol–water partition coefficient (Wildman–Crippen LogP) is 3.03. The molecule has 6 nitrogen and oxygen atoms in total. The molecule has 0 aromatic carbocycles. The first kappa shape index (κ1) is 27.8. The maximum Gasteiger partial charge on any atom is 0.166 e. The summed E-state index contributed by atoms with van der Waals surface area (Å²) in [6, 6.07) is -0.679. The Balaban J connectivity index is 4.49. The van der Waals surface area contributed by atoms with Gasteiger partial charge < -0.3 is 25.7 Å². The Morgan fingerprint density at radius 2 is 1.25 bits per heavy atom. The number of aliphatic hydroxyl groups excluding tert-OH is 3. The number of hydrogen-bond acceptors (Lipinski definition) is 6. The highest BCUT2D eigenvalue weighted by Gasteiger charge is 2.37. The zero-order chi connectivity index (χ0) is 21.3. The van der Waals surface area contributed by atoms with Crippen LogP contribution in [0.4, 0.5) is 0 Å². The molecule has 170 valence electrons. The van der Waals surface area contributed by atoms with E-state index in [1.54, 1.807) is 6.92 Å². The minimum Gasteiger partial charge on any atom is -0.394 e. The van der Waals surface area contributed by atoms with Gasteiger partial charge in [-0.3, -0.25) is 5.32 Å². The van der Waals surface area contributed by atoms with Gasteiger partial charge in [0.25, 0.3) is 0 Å². The van der Waals surface area contributed by atoms with Crippen LogP contribution in [0.5, 0.6) is 0 Å². The standard InChI is InChI=1S/C22H48N2O4/c1-4-6-8-10-11-12-13-15-17-23-22(18-25,16-14-9-7-5-2)21(28)24-19(3)20(26)27/h19-21,23-28H,4-18H2,1-3H3. The van der Waals surface area contributed by atoms with Crippen molar-refractivity contribution in [3.63, 3.8) is 0 Å². The Labute approximate surface area is 173 Å². The van der Waals surface area contributed by atoms with Crippen LogP contribution in [-0.4, -0.2) is 57.7 Å². The molecule has 28 heavy (non-hydrogen) atoms. The fraction of sp³-hybridized carbons (Fsp3) is 1.00. The molecule has 0 saturated heterocycles. The summed E-state index contributed by atoms with van der Waals surface area (Å²) >= 11 is 0. The first-order valence-corrected chi connectivity index (χ1v) is 11.6. The van der Waals surface area contributed by atoms with Gasteiger partial charge in [0.1, 0.15) is 6.23 Å². The van der Waals surface area contributed by atoms with Crippen LogP contribution < -0.4 is 10.6 Å². The van der Waals surface area contributed by atoms with E-state index in [0.29, 0.717) is 6.42 Å². The van der Waals surface area contributed by atoms with Gasteiger partial charge in [0.05, 0.1) is 18.2 Å². The lowest BCUT2D eigenvalue weighted by Gasteiger charge is -2.39. The summed E-state index contributed by atoms with van der Waals surface area (Å²) < 4.78 is 0. The molecular weight excluding hydrogens is 356 g/mol. The third-order valence-electron chi connectivity index (χ3n) is 5.66. The summed E-state index contributed by atoms with van der Waals surface area (Å²) in [6.45, 7) is 6.52. The van der Waals surface area contributed by atoms with Crippen LogP contribution in [0.3, 0.4) is 0 Å². The Morgan fingerprint density at radius 3 is 1.75 bits per heavy atom. The molecule has 0 aliphatic carbocycles. The molecule has 3 atom stereocenters. The molecule has 0 aliphatic rings. The zero-order valence-corrected chi connectivity index (χ0v) is 18.6. The van der Waals surface area contributed by atoms with Gasteiger partial charge >= 0.3 is 0 Å². The molecule has 0 spiro atoms. The van der Waals surface area contributed by atoms with E-state index in [0.717, 1.165) is 45.1 Å². The van der Waals surface area contributed by atoms with Gasteiger partial charge in [-0.05, 0) is 26.3 Å². The van der Waals surface area contributed by atoms with Gasteiger partial charge in [0, 0.05) is 0 Å².